The molecule has 1 fully saturated rings. The third kappa shape index (κ3) is 3.96. The van der Waals surface area contributed by atoms with Crippen LogP contribution in [-0.2, 0) is 0 Å². The summed E-state index contributed by atoms with van der Waals surface area (Å²) in [7, 11) is 0. The fourth-order valence-electron chi connectivity index (χ4n) is 3.25. The van der Waals surface area contributed by atoms with Gasteiger partial charge in [0.05, 0.1) is 6.04 Å². The second kappa shape index (κ2) is 7.91. The van der Waals surface area contributed by atoms with Crippen molar-refractivity contribution in [3.8, 4) is 5.75 Å². The fourth-order valence-corrected chi connectivity index (χ4v) is 3.25. The highest BCUT2D eigenvalue weighted by molar-refractivity contribution is 5.94. The zero-order valence-electron chi connectivity index (χ0n) is 14.8. The summed E-state index contributed by atoms with van der Waals surface area (Å²) in [6, 6.07) is 15.4. The normalized spacial score (nSPS) is 16.3. The van der Waals surface area contributed by atoms with E-state index in [1.54, 1.807) is 21.9 Å². The molecule has 2 aromatic rings. The Bertz CT molecular complexity index is 762. The maximum absolute atomic E-state index is 12.6. The monoisotopic (exact) mass is 353 g/mol. The van der Waals surface area contributed by atoms with E-state index in [-0.39, 0.29) is 23.7 Å². The first-order chi connectivity index (χ1) is 12.6. The minimum atomic E-state index is -0.197. The molecule has 0 aromatic heterocycles. The van der Waals surface area contributed by atoms with Gasteiger partial charge in [-0.3, -0.25) is 4.79 Å². The number of likely N-dealkylation sites (tertiary alicyclic amines) is 1. The van der Waals surface area contributed by atoms with E-state index >= 15 is 0 Å². The molecule has 136 valence electrons. The first-order valence-electron chi connectivity index (χ1n) is 8.79. The van der Waals surface area contributed by atoms with E-state index in [2.05, 4.69) is 5.32 Å². The lowest BCUT2D eigenvalue weighted by Gasteiger charge is -2.28. The number of phenols is 1. The molecule has 1 heterocycles. The SMILES string of the molecule is CCN(C(=O)Nc1ccc(O)cc1)C1CCN(C(=O)c2ccccc2)C1. The predicted octanol–water partition coefficient (Wildman–Crippen LogP) is 3.16. The van der Waals surface area contributed by atoms with Crippen LogP contribution >= 0.6 is 0 Å². The van der Waals surface area contributed by atoms with Crippen molar-refractivity contribution in [1.29, 1.82) is 0 Å². The van der Waals surface area contributed by atoms with Crippen molar-refractivity contribution in [2.24, 2.45) is 0 Å². The van der Waals surface area contributed by atoms with Gasteiger partial charge in [-0.25, -0.2) is 4.79 Å². The third-order valence-corrected chi connectivity index (χ3v) is 4.63. The van der Waals surface area contributed by atoms with Gasteiger partial charge in [-0.2, -0.15) is 0 Å². The number of hydrogen-bond acceptors (Lipinski definition) is 3. The summed E-state index contributed by atoms with van der Waals surface area (Å²) in [5, 5.41) is 12.2. The molecule has 2 aromatic carbocycles. The van der Waals surface area contributed by atoms with Gasteiger partial charge in [-0.15, -0.1) is 0 Å². The van der Waals surface area contributed by atoms with E-state index < -0.39 is 0 Å². The standard InChI is InChI=1S/C20H23N3O3/c1-2-23(20(26)21-16-8-10-18(24)11-9-16)17-12-13-22(14-17)19(25)15-6-4-3-5-7-15/h3-11,17,24H,2,12-14H2,1H3,(H,21,26). The number of urea groups is 1. The number of rotatable bonds is 4. The van der Waals surface area contributed by atoms with Crippen molar-refractivity contribution in [1.82, 2.24) is 9.80 Å². The number of aromatic hydroxyl groups is 1. The van der Waals surface area contributed by atoms with Crippen molar-refractivity contribution in [2.75, 3.05) is 25.0 Å². The van der Waals surface area contributed by atoms with Crippen LogP contribution in [0.5, 0.6) is 5.75 Å². The molecule has 3 amide bonds. The lowest BCUT2D eigenvalue weighted by atomic mass is 10.2. The molecule has 6 heteroatoms. The quantitative estimate of drug-likeness (QED) is 0.829. The van der Waals surface area contributed by atoms with Gasteiger partial charge in [-0.05, 0) is 49.7 Å². The predicted molar refractivity (Wildman–Crippen MR) is 100 cm³/mol. The second-order valence-electron chi connectivity index (χ2n) is 6.32. The summed E-state index contributed by atoms with van der Waals surface area (Å²) < 4.78 is 0. The molecule has 1 saturated heterocycles. The number of hydrogen-bond donors (Lipinski definition) is 2. The number of nitrogens with zero attached hydrogens (tertiary/aromatic N) is 2. The van der Waals surface area contributed by atoms with E-state index in [4.69, 9.17) is 0 Å². The summed E-state index contributed by atoms with van der Waals surface area (Å²) >= 11 is 0. The van der Waals surface area contributed by atoms with Gasteiger partial charge in [0.2, 0.25) is 0 Å². The Morgan fingerprint density at radius 3 is 2.50 bits per heavy atom. The molecule has 0 spiro atoms. The van der Waals surface area contributed by atoms with E-state index in [0.29, 0.717) is 30.9 Å². The highest BCUT2D eigenvalue weighted by atomic mass is 16.3. The Kier molecular flexibility index (Phi) is 5.41. The van der Waals surface area contributed by atoms with Crippen LogP contribution in [0, 0.1) is 0 Å². The highest BCUT2D eigenvalue weighted by Crippen LogP contribution is 2.20. The lowest BCUT2D eigenvalue weighted by Crippen LogP contribution is -2.44. The molecule has 0 bridgehead atoms. The van der Waals surface area contributed by atoms with Crippen LogP contribution in [0.15, 0.2) is 54.6 Å². The molecule has 0 saturated carbocycles. The molecule has 0 aliphatic carbocycles. The van der Waals surface area contributed by atoms with Gasteiger partial charge >= 0.3 is 6.03 Å². The van der Waals surface area contributed by atoms with Gasteiger partial charge < -0.3 is 20.2 Å². The number of anilines is 1. The van der Waals surface area contributed by atoms with Crippen molar-refractivity contribution in [3.63, 3.8) is 0 Å². The zero-order chi connectivity index (χ0) is 18.5. The molecule has 1 atom stereocenters. The molecule has 26 heavy (non-hydrogen) atoms. The fraction of sp³-hybridized carbons (Fsp3) is 0.300. The van der Waals surface area contributed by atoms with Gasteiger partial charge in [-0.1, -0.05) is 18.2 Å². The number of benzene rings is 2. The van der Waals surface area contributed by atoms with E-state index in [9.17, 15) is 14.7 Å². The number of amides is 3. The van der Waals surface area contributed by atoms with Gasteiger partial charge in [0, 0.05) is 30.9 Å². The summed E-state index contributed by atoms with van der Waals surface area (Å²) in [5.74, 6) is 0.157. The molecule has 1 aliphatic rings. The topological polar surface area (TPSA) is 72.9 Å². The number of carbonyl (C=O) groups is 2. The maximum atomic E-state index is 12.6. The molecule has 6 nitrogen and oxygen atoms in total. The molecule has 1 aliphatic heterocycles. The summed E-state index contributed by atoms with van der Waals surface area (Å²) in [5.41, 5.74) is 1.30. The van der Waals surface area contributed by atoms with E-state index in [1.807, 2.05) is 37.3 Å². The first-order valence-corrected chi connectivity index (χ1v) is 8.79. The summed E-state index contributed by atoms with van der Waals surface area (Å²) in [6.07, 6.45) is 0.759. The second-order valence-corrected chi connectivity index (χ2v) is 6.32. The van der Waals surface area contributed by atoms with Crippen LogP contribution in [0.1, 0.15) is 23.7 Å². The average Bonchev–Trinajstić information content (AvgIpc) is 3.14. The Balaban J connectivity index is 1.63. The zero-order valence-corrected chi connectivity index (χ0v) is 14.8. The number of likely N-dealkylation sites (N-methyl/N-ethyl adjacent to an activating group) is 1. The average molecular weight is 353 g/mol. The van der Waals surface area contributed by atoms with Gasteiger partial charge in [0.1, 0.15) is 5.75 Å². The van der Waals surface area contributed by atoms with Crippen LogP contribution in [0.4, 0.5) is 10.5 Å². The number of phenolic OH excluding ortho intramolecular Hbond substituents is 1. The highest BCUT2D eigenvalue weighted by Gasteiger charge is 2.32. The smallest absolute Gasteiger partial charge is 0.322 e. The molecular weight excluding hydrogens is 330 g/mol. The lowest BCUT2D eigenvalue weighted by molar-refractivity contribution is 0.0781. The van der Waals surface area contributed by atoms with Gasteiger partial charge in [0.25, 0.3) is 5.91 Å². The molecule has 3 rings (SSSR count). The molecular formula is C20H23N3O3. The summed E-state index contributed by atoms with van der Waals surface area (Å²) in [4.78, 5) is 28.7. The third-order valence-electron chi connectivity index (χ3n) is 4.63. The van der Waals surface area contributed by atoms with Crippen molar-refractivity contribution < 1.29 is 14.7 Å². The van der Waals surface area contributed by atoms with Crippen LogP contribution < -0.4 is 5.32 Å². The first kappa shape index (κ1) is 17.8. The minimum Gasteiger partial charge on any atom is -0.508 e. The largest absolute Gasteiger partial charge is 0.508 e. The Hall–Kier alpha value is -3.02. The molecule has 2 N–H and O–H groups in total. The van der Waals surface area contributed by atoms with Gasteiger partial charge in [0.15, 0.2) is 0 Å². The summed E-state index contributed by atoms with van der Waals surface area (Å²) in [6.45, 7) is 3.66. The number of nitrogens with one attached hydrogen (secondary N) is 1. The minimum absolute atomic E-state index is 0.00287. The molecule has 0 radical (unpaired) electrons. The Morgan fingerprint density at radius 2 is 1.85 bits per heavy atom. The number of carbonyl (C=O) groups excluding carboxylic acids is 2. The van der Waals surface area contributed by atoms with E-state index in [1.165, 1.54) is 12.1 Å². The van der Waals surface area contributed by atoms with Crippen LogP contribution in [0.2, 0.25) is 0 Å². The molecule has 1 unspecified atom stereocenters. The van der Waals surface area contributed by atoms with Crippen LogP contribution in [0.3, 0.4) is 0 Å². The van der Waals surface area contributed by atoms with Crippen molar-refractivity contribution in [2.45, 2.75) is 19.4 Å². The van der Waals surface area contributed by atoms with Crippen molar-refractivity contribution >= 4 is 17.6 Å². The Labute approximate surface area is 153 Å². The van der Waals surface area contributed by atoms with E-state index in [0.717, 1.165) is 6.42 Å². The van der Waals surface area contributed by atoms with Crippen LogP contribution in [-0.4, -0.2) is 52.5 Å². The van der Waals surface area contributed by atoms with Crippen LogP contribution in [0.25, 0.3) is 0 Å². The Morgan fingerprint density at radius 1 is 1.15 bits per heavy atom. The van der Waals surface area contributed by atoms with Crippen molar-refractivity contribution in [3.05, 3.63) is 60.2 Å². The maximum Gasteiger partial charge on any atom is 0.322 e.